The van der Waals surface area contributed by atoms with Crippen molar-refractivity contribution >= 4 is 11.8 Å². The highest BCUT2D eigenvalue weighted by atomic mass is 32.2. The summed E-state index contributed by atoms with van der Waals surface area (Å²) in [6.45, 7) is 7.97. The molecule has 0 heterocycles. The minimum atomic E-state index is 0.288. The molecule has 1 aromatic rings. The van der Waals surface area contributed by atoms with Crippen LogP contribution in [-0.2, 0) is 12.8 Å². The minimum Gasteiger partial charge on any atom is -0.396 e. The number of nitrogens with two attached hydrogens (primary N) is 1. The summed E-state index contributed by atoms with van der Waals surface area (Å²) >= 11 is 2.13. The van der Waals surface area contributed by atoms with Crippen LogP contribution in [0.25, 0.3) is 0 Å². The quantitative estimate of drug-likeness (QED) is 0.621. The Morgan fingerprint density at radius 1 is 1.24 bits per heavy atom. The molecule has 25 heavy (non-hydrogen) atoms. The minimum absolute atomic E-state index is 0.288. The zero-order valence-electron chi connectivity index (χ0n) is 16.4. The zero-order valence-corrected chi connectivity index (χ0v) is 17.2. The molecule has 1 aromatic carbocycles. The number of thioether (sulfide) groups is 1. The highest BCUT2D eigenvalue weighted by Crippen LogP contribution is 2.32. The van der Waals surface area contributed by atoms with Gasteiger partial charge >= 0.3 is 0 Å². The Balaban J connectivity index is 1.91. The van der Waals surface area contributed by atoms with Crippen LogP contribution in [-0.4, -0.2) is 29.8 Å². The van der Waals surface area contributed by atoms with Crippen molar-refractivity contribution in [2.24, 2.45) is 17.1 Å². The summed E-state index contributed by atoms with van der Waals surface area (Å²) in [5.41, 5.74) is 11.0. The van der Waals surface area contributed by atoms with Crippen molar-refractivity contribution in [3.05, 3.63) is 34.9 Å². The van der Waals surface area contributed by atoms with Crippen molar-refractivity contribution in [2.45, 2.75) is 65.2 Å². The maximum atomic E-state index is 8.98. The second-order valence-corrected chi connectivity index (χ2v) is 9.90. The predicted octanol–water partition coefficient (Wildman–Crippen LogP) is 4.78. The van der Waals surface area contributed by atoms with Crippen molar-refractivity contribution in [3.8, 4) is 0 Å². The third-order valence-corrected chi connectivity index (χ3v) is 6.94. The molecule has 3 N–H and O–H groups in total. The van der Waals surface area contributed by atoms with E-state index in [4.69, 9.17) is 10.8 Å². The molecule has 2 atom stereocenters. The van der Waals surface area contributed by atoms with Gasteiger partial charge in [0.25, 0.3) is 0 Å². The third-order valence-electron chi connectivity index (χ3n) is 5.17. The van der Waals surface area contributed by atoms with Gasteiger partial charge in [0.1, 0.15) is 0 Å². The van der Waals surface area contributed by atoms with Crippen LogP contribution in [0.5, 0.6) is 0 Å². The van der Waals surface area contributed by atoms with Gasteiger partial charge in [-0.05, 0) is 84.1 Å². The molecule has 0 amide bonds. The monoisotopic (exact) mass is 363 g/mol. The van der Waals surface area contributed by atoms with Crippen LogP contribution in [0.2, 0.25) is 0 Å². The predicted molar refractivity (Wildman–Crippen MR) is 111 cm³/mol. The average Bonchev–Trinajstić information content (AvgIpc) is 2.57. The summed E-state index contributed by atoms with van der Waals surface area (Å²) in [4.78, 5) is 0. The van der Waals surface area contributed by atoms with Gasteiger partial charge in [0.15, 0.2) is 0 Å². The molecule has 0 fully saturated rings. The van der Waals surface area contributed by atoms with Gasteiger partial charge in [0, 0.05) is 6.61 Å². The van der Waals surface area contributed by atoms with Gasteiger partial charge in [-0.2, -0.15) is 11.8 Å². The lowest BCUT2D eigenvalue weighted by atomic mass is 9.82. The Hall–Kier alpha value is -0.510. The van der Waals surface area contributed by atoms with Gasteiger partial charge in [-0.25, -0.2) is 0 Å². The number of aliphatic hydroxyl groups is 1. The normalized spacial score (nSPS) is 18.8. The van der Waals surface area contributed by atoms with E-state index in [1.54, 1.807) is 11.1 Å². The molecule has 2 rings (SSSR count). The number of aryl methyl sites for hydroxylation is 1. The van der Waals surface area contributed by atoms with Gasteiger partial charge in [-0.3, -0.25) is 0 Å². The maximum absolute atomic E-state index is 8.98. The van der Waals surface area contributed by atoms with Gasteiger partial charge in [-0.15, -0.1) is 0 Å². The van der Waals surface area contributed by atoms with E-state index in [2.05, 4.69) is 50.7 Å². The second kappa shape index (κ2) is 9.99. The summed E-state index contributed by atoms with van der Waals surface area (Å²) in [5, 5.41) is 8.98. The topological polar surface area (TPSA) is 46.2 Å². The molecule has 0 spiro atoms. The van der Waals surface area contributed by atoms with E-state index in [1.807, 2.05) is 0 Å². The van der Waals surface area contributed by atoms with E-state index in [1.165, 1.54) is 36.3 Å². The molecule has 0 saturated carbocycles. The van der Waals surface area contributed by atoms with E-state index in [9.17, 15) is 0 Å². The lowest BCUT2D eigenvalue weighted by molar-refractivity contribution is 0.281. The second-order valence-electron chi connectivity index (χ2n) is 8.86. The third kappa shape index (κ3) is 6.96. The lowest BCUT2D eigenvalue weighted by Gasteiger charge is -2.27. The number of rotatable bonds is 9. The molecule has 0 aliphatic heterocycles. The van der Waals surface area contributed by atoms with Crippen LogP contribution < -0.4 is 5.73 Å². The molecule has 2 nitrogen and oxygen atoms in total. The summed E-state index contributed by atoms with van der Waals surface area (Å²) in [7, 11) is 0. The number of aliphatic hydroxyl groups excluding tert-OH is 1. The first-order valence-corrected chi connectivity index (χ1v) is 11.1. The molecule has 0 saturated heterocycles. The maximum Gasteiger partial charge on any atom is 0.0431 e. The Morgan fingerprint density at radius 3 is 2.72 bits per heavy atom. The molecule has 1 aliphatic rings. The van der Waals surface area contributed by atoms with Crippen LogP contribution >= 0.6 is 11.8 Å². The van der Waals surface area contributed by atoms with E-state index in [-0.39, 0.29) is 6.61 Å². The van der Waals surface area contributed by atoms with E-state index >= 15 is 0 Å². The highest BCUT2D eigenvalue weighted by Gasteiger charge is 2.21. The molecule has 0 bridgehead atoms. The van der Waals surface area contributed by atoms with Crippen molar-refractivity contribution < 1.29 is 5.11 Å². The summed E-state index contributed by atoms with van der Waals surface area (Å²) in [6.07, 6.45) is 6.81. The van der Waals surface area contributed by atoms with Crippen molar-refractivity contribution in [1.29, 1.82) is 0 Å². The first-order chi connectivity index (χ1) is 11.9. The fourth-order valence-corrected chi connectivity index (χ4v) is 5.05. The lowest BCUT2D eigenvalue weighted by Crippen LogP contribution is -2.19. The fraction of sp³-hybridized carbons (Fsp3) is 0.727. The zero-order chi connectivity index (χ0) is 18.3. The van der Waals surface area contributed by atoms with E-state index in [0.29, 0.717) is 17.9 Å². The molecular weight excluding hydrogens is 326 g/mol. The molecule has 0 unspecified atom stereocenters. The Kier molecular flexibility index (Phi) is 8.31. The smallest absolute Gasteiger partial charge is 0.0431 e. The first kappa shape index (κ1) is 20.8. The molecular formula is C22H37NOS. The van der Waals surface area contributed by atoms with Gasteiger partial charge in [-0.1, -0.05) is 45.4 Å². The van der Waals surface area contributed by atoms with Crippen molar-refractivity contribution in [3.63, 3.8) is 0 Å². The van der Waals surface area contributed by atoms with Crippen molar-refractivity contribution in [1.82, 2.24) is 0 Å². The molecule has 0 radical (unpaired) electrons. The van der Waals surface area contributed by atoms with Crippen LogP contribution in [0.3, 0.4) is 0 Å². The molecule has 0 aromatic heterocycles. The highest BCUT2D eigenvalue weighted by molar-refractivity contribution is 7.99. The largest absolute Gasteiger partial charge is 0.396 e. The fourth-order valence-electron chi connectivity index (χ4n) is 3.70. The van der Waals surface area contributed by atoms with E-state index in [0.717, 1.165) is 25.2 Å². The number of fused-ring (bicyclic) bond motifs is 1. The number of hydrogen-bond donors (Lipinski definition) is 2. The molecule has 3 heteroatoms. The summed E-state index contributed by atoms with van der Waals surface area (Å²) < 4.78 is 0. The number of hydrogen-bond acceptors (Lipinski definition) is 3. The average molecular weight is 364 g/mol. The van der Waals surface area contributed by atoms with Gasteiger partial charge in [0.05, 0.1) is 0 Å². The van der Waals surface area contributed by atoms with Gasteiger partial charge in [0.2, 0.25) is 0 Å². The van der Waals surface area contributed by atoms with Crippen LogP contribution in [0.15, 0.2) is 18.2 Å². The Bertz CT molecular complexity index is 523. The van der Waals surface area contributed by atoms with Crippen LogP contribution in [0.1, 0.15) is 69.1 Å². The Labute approximate surface area is 159 Å². The Morgan fingerprint density at radius 2 is 2.04 bits per heavy atom. The first-order valence-electron chi connectivity index (χ1n) is 9.93. The number of benzene rings is 1. The van der Waals surface area contributed by atoms with Crippen LogP contribution in [0, 0.1) is 11.3 Å². The SMILES string of the molecule is CC(C)(C)CSC[C@@H]1CCc2cc([C@H](CN)CCCCO)ccc2C1. The van der Waals surface area contributed by atoms with E-state index < -0.39 is 0 Å². The number of unbranched alkanes of at least 4 members (excludes halogenated alkanes) is 1. The summed E-state index contributed by atoms with van der Waals surface area (Å²) in [6, 6.07) is 7.09. The molecule has 142 valence electrons. The van der Waals surface area contributed by atoms with Crippen molar-refractivity contribution in [2.75, 3.05) is 24.7 Å². The summed E-state index contributed by atoms with van der Waals surface area (Å²) in [5.74, 6) is 3.82. The molecule has 1 aliphatic carbocycles. The van der Waals surface area contributed by atoms with Gasteiger partial charge < -0.3 is 10.8 Å². The standard InChI is InChI=1S/C22H37NOS/c1-22(2,3)16-25-15-17-7-8-19-13-20(10-9-18(19)12-17)21(14-23)6-4-5-11-24/h9-10,13,17,21,24H,4-8,11-12,14-16,23H2,1-3H3/t17-,21+/m1/s1. The van der Waals surface area contributed by atoms with Crippen LogP contribution in [0.4, 0.5) is 0 Å².